The first-order valence-corrected chi connectivity index (χ1v) is 10.1. The molecule has 1 heterocycles. The van der Waals surface area contributed by atoms with E-state index in [0.717, 1.165) is 50.1 Å². The quantitative estimate of drug-likeness (QED) is 0.649. The summed E-state index contributed by atoms with van der Waals surface area (Å²) in [5.74, 6) is 0. The van der Waals surface area contributed by atoms with Crippen LogP contribution in [0.15, 0.2) is 16.3 Å². The van der Waals surface area contributed by atoms with Crippen molar-refractivity contribution in [3.63, 3.8) is 0 Å². The average molecular weight is 331 g/mol. The molecule has 0 unspecified atom stereocenters. The second-order valence-corrected chi connectivity index (χ2v) is 9.06. The van der Waals surface area contributed by atoms with Gasteiger partial charge in [-0.1, -0.05) is 20.3 Å². The van der Waals surface area contributed by atoms with Crippen molar-refractivity contribution >= 4 is 21.4 Å². The molecule has 0 aliphatic heterocycles. The lowest BCUT2D eigenvalue weighted by molar-refractivity contribution is 0.449. The highest BCUT2D eigenvalue weighted by Gasteiger charge is 2.42. The number of nitrogens with one attached hydrogen (secondary N) is 2. The molecule has 1 aromatic heterocycles. The van der Waals surface area contributed by atoms with Crippen LogP contribution >= 0.6 is 11.3 Å². The molecule has 0 saturated heterocycles. The fourth-order valence-electron chi connectivity index (χ4n) is 2.57. The lowest BCUT2D eigenvalue weighted by atomic mass is 10.0. The first-order chi connectivity index (χ1) is 10.0. The van der Waals surface area contributed by atoms with Crippen molar-refractivity contribution in [3.8, 4) is 0 Å². The molecule has 0 spiro atoms. The van der Waals surface area contributed by atoms with Gasteiger partial charge in [0, 0.05) is 11.4 Å². The summed E-state index contributed by atoms with van der Waals surface area (Å²) in [7, 11) is -3.33. The van der Waals surface area contributed by atoms with Gasteiger partial charge in [-0.25, -0.2) is 13.1 Å². The molecule has 0 bridgehead atoms. The smallest absolute Gasteiger partial charge is 0.250 e. The summed E-state index contributed by atoms with van der Waals surface area (Å²) >= 11 is 1.38. The summed E-state index contributed by atoms with van der Waals surface area (Å²) in [6, 6.07) is 3.66. The molecule has 0 amide bonds. The molecule has 4 nitrogen and oxygen atoms in total. The zero-order valence-corrected chi connectivity index (χ0v) is 14.6. The van der Waals surface area contributed by atoms with E-state index < -0.39 is 10.0 Å². The second kappa shape index (κ2) is 7.22. The third-order valence-corrected chi connectivity index (χ3v) is 7.11. The predicted molar refractivity (Wildman–Crippen MR) is 88.3 cm³/mol. The van der Waals surface area contributed by atoms with Crippen LogP contribution < -0.4 is 10.0 Å². The predicted octanol–water partition coefficient (Wildman–Crippen LogP) is 2.76. The summed E-state index contributed by atoms with van der Waals surface area (Å²) in [6.07, 6.45) is 5.43. The van der Waals surface area contributed by atoms with Crippen molar-refractivity contribution in [1.82, 2.24) is 10.0 Å². The molecule has 6 heteroatoms. The number of rotatable bonds is 10. The van der Waals surface area contributed by atoms with Gasteiger partial charge in [0.1, 0.15) is 4.21 Å². The van der Waals surface area contributed by atoms with Crippen LogP contribution in [0.2, 0.25) is 0 Å². The molecular formula is C15H26N2O2S2. The molecule has 2 N–H and O–H groups in total. The van der Waals surface area contributed by atoms with Gasteiger partial charge in [-0.3, -0.25) is 0 Å². The van der Waals surface area contributed by atoms with Gasteiger partial charge < -0.3 is 5.32 Å². The van der Waals surface area contributed by atoms with Gasteiger partial charge in [-0.15, -0.1) is 11.3 Å². The van der Waals surface area contributed by atoms with E-state index in [-0.39, 0.29) is 5.41 Å². The lowest BCUT2D eigenvalue weighted by Crippen LogP contribution is -2.29. The van der Waals surface area contributed by atoms with Gasteiger partial charge in [0.2, 0.25) is 10.0 Å². The number of sulfonamides is 1. The molecule has 0 aromatic carbocycles. The Bertz CT molecular complexity index is 548. The van der Waals surface area contributed by atoms with Crippen LogP contribution in [0.5, 0.6) is 0 Å². The van der Waals surface area contributed by atoms with E-state index in [1.165, 1.54) is 11.3 Å². The highest BCUT2D eigenvalue weighted by molar-refractivity contribution is 7.91. The molecular weight excluding hydrogens is 304 g/mol. The van der Waals surface area contributed by atoms with E-state index in [2.05, 4.69) is 23.9 Å². The van der Waals surface area contributed by atoms with Gasteiger partial charge in [0.25, 0.3) is 0 Å². The van der Waals surface area contributed by atoms with Crippen molar-refractivity contribution in [2.24, 2.45) is 5.41 Å². The Morgan fingerprint density at radius 2 is 2.05 bits per heavy atom. The van der Waals surface area contributed by atoms with E-state index in [0.29, 0.717) is 10.8 Å². The van der Waals surface area contributed by atoms with Crippen LogP contribution in [0.25, 0.3) is 0 Å². The lowest BCUT2D eigenvalue weighted by Gasteiger charge is -2.14. The van der Waals surface area contributed by atoms with E-state index in [1.807, 2.05) is 6.07 Å². The maximum atomic E-state index is 12.3. The summed E-state index contributed by atoms with van der Waals surface area (Å²) in [4.78, 5) is 1.12. The molecule has 1 aliphatic carbocycles. The topological polar surface area (TPSA) is 58.2 Å². The average Bonchev–Trinajstić information content (AvgIpc) is 3.04. The van der Waals surface area contributed by atoms with Gasteiger partial charge in [0.15, 0.2) is 0 Å². The third-order valence-electron chi connectivity index (χ3n) is 4.07. The molecule has 0 atom stereocenters. The number of likely N-dealkylation sites (N-methyl/N-ethyl adjacent to an activating group) is 1. The minimum absolute atomic E-state index is 0.243. The van der Waals surface area contributed by atoms with Crippen LogP contribution in [0.1, 0.15) is 44.4 Å². The van der Waals surface area contributed by atoms with Crippen molar-refractivity contribution in [2.45, 2.75) is 50.2 Å². The van der Waals surface area contributed by atoms with Gasteiger partial charge in [-0.2, -0.15) is 0 Å². The van der Waals surface area contributed by atoms with Crippen LogP contribution in [-0.2, 0) is 16.4 Å². The van der Waals surface area contributed by atoms with Crippen molar-refractivity contribution < 1.29 is 8.42 Å². The van der Waals surface area contributed by atoms with E-state index >= 15 is 0 Å². The third kappa shape index (κ3) is 4.77. The van der Waals surface area contributed by atoms with Crippen molar-refractivity contribution in [3.05, 3.63) is 17.0 Å². The standard InChI is InChI=1S/C15H26N2O2S2/c1-3-8-15(9-10-15)12-17-21(18,19)14-6-5-13(20-14)7-11-16-4-2/h5-6,16-17H,3-4,7-12H2,1-2H3. The summed E-state index contributed by atoms with van der Waals surface area (Å²) in [6.45, 7) is 6.65. The fourth-order valence-corrected chi connectivity index (χ4v) is 5.12. The molecule has 0 radical (unpaired) electrons. The number of hydrogen-bond acceptors (Lipinski definition) is 4. The fraction of sp³-hybridized carbons (Fsp3) is 0.733. The Morgan fingerprint density at radius 3 is 2.67 bits per heavy atom. The summed E-state index contributed by atoms with van der Waals surface area (Å²) < 4.78 is 27.9. The second-order valence-electron chi connectivity index (χ2n) is 5.90. The first kappa shape index (κ1) is 16.9. The highest BCUT2D eigenvalue weighted by atomic mass is 32.2. The van der Waals surface area contributed by atoms with Crippen LogP contribution in [0.3, 0.4) is 0 Å². The van der Waals surface area contributed by atoms with E-state index in [4.69, 9.17) is 0 Å². The Kier molecular flexibility index (Phi) is 5.82. The van der Waals surface area contributed by atoms with E-state index in [9.17, 15) is 8.42 Å². The van der Waals surface area contributed by atoms with Crippen molar-refractivity contribution in [2.75, 3.05) is 19.6 Å². The highest BCUT2D eigenvalue weighted by Crippen LogP contribution is 2.49. The zero-order chi connectivity index (χ0) is 15.3. The monoisotopic (exact) mass is 330 g/mol. The number of hydrogen-bond donors (Lipinski definition) is 2. The van der Waals surface area contributed by atoms with Gasteiger partial charge >= 0.3 is 0 Å². The Labute approximate surface area is 132 Å². The molecule has 2 rings (SSSR count). The van der Waals surface area contributed by atoms with Crippen LogP contribution in [-0.4, -0.2) is 28.1 Å². The Morgan fingerprint density at radius 1 is 1.29 bits per heavy atom. The molecule has 120 valence electrons. The Hall–Kier alpha value is -0.430. The normalized spacial score (nSPS) is 17.0. The van der Waals surface area contributed by atoms with Gasteiger partial charge in [0.05, 0.1) is 0 Å². The maximum Gasteiger partial charge on any atom is 0.250 e. The SMILES string of the molecule is CCCC1(CNS(=O)(=O)c2ccc(CCNCC)s2)CC1. The van der Waals surface area contributed by atoms with Crippen LogP contribution in [0.4, 0.5) is 0 Å². The molecule has 1 saturated carbocycles. The molecule has 1 aliphatic rings. The first-order valence-electron chi connectivity index (χ1n) is 7.80. The van der Waals surface area contributed by atoms with E-state index in [1.54, 1.807) is 6.07 Å². The maximum absolute atomic E-state index is 12.3. The van der Waals surface area contributed by atoms with Crippen LogP contribution in [0, 0.1) is 5.41 Å². The number of thiophene rings is 1. The minimum atomic E-state index is -3.33. The minimum Gasteiger partial charge on any atom is -0.317 e. The summed E-state index contributed by atoms with van der Waals surface area (Å²) in [5.41, 5.74) is 0.243. The molecule has 1 fully saturated rings. The summed E-state index contributed by atoms with van der Waals surface area (Å²) in [5, 5.41) is 3.25. The Balaban J connectivity index is 1.90. The van der Waals surface area contributed by atoms with Gasteiger partial charge in [-0.05, 0) is 56.3 Å². The van der Waals surface area contributed by atoms with Crippen molar-refractivity contribution in [1.29, 1.82) is 0 Å². The molecule has 1 aromatic rings. The molecule has 21 heavy (non-hydrogen) atoms. The largest absolute Gasteiger partial charge is 0.317 e. The zero-order valence-electron chi connectivity index (χ0n) is 12.9.